The Morgan fingerprint density at radius 1 is 0.917 bits per heavy atom. The van der Waals surface area contributed by atoms with Crippen molar-refractivity contribution in [1.29, 1.82) is 0 Å². The summed E-state index contributed by atoms with van der Waals surface area (Å²) in [5, 5.41) is 14.0. The third-order valence-corrected chi connectivity index (χ3v) is 3.89. The van der Waals surface area contributed by atoms with Crippen LogP contribution in [0.25, 0.3) is 10.8 Å². The smallest absolute Gasteiger partial charge is 0.335 e. The van der Waals surface area contributed by atoms with Gasteiger partial charge in [-0.15, -0.1) is 0 Å². The van der Waals surface area contributed by atoms with Crippen molar-refractivity contribution >= 4 is 22.6 Å². The van der Waals surface area contributed by atoms with Gasteiger partial charge in [-0.3, -0.25) is 4.79 Å². The number of fused-ring (bicyclic) bond motifs is 1. The SMILES string of the molecule is O=C(Cc1cccc2ccccc12)NCc1cccc(C(=O)O)c1. The molecule has 0 atom stereocenters. The zero-order valence-corrected chi connectivity index (χ0v) is 13.0. The fraction of sp³-hybridized carbons (Fsp3) is 0.100. The molecule has 1 amide bonds. The average molecular weight is 319 g/mol. The number of rotatable bonds is 5. The van der Waals surface area contributed by atoms with Crippen LogP contribution in [0, 0.1) is 0 Å². The number of benzene rings is 3. The summed E-state index contributed by atoms with van der Waals surface area (Å²) >= 11 is 0. The number of carbonyl (C=O) groups is 2. The van der Waals surface area contributed by atoms with Gasteiger partial charge in [0.1, 0.15) is 0 Å². The van der Waals surface area contributed by atoms with E-state index in [-0.39, 0.29) is 11.5 Å². The first-order chi connectivity index (χ1) is 11.6. The van der Waals surface area contributed by atoms with Crippen LogP contribution in [0.1, 0.15) is 21.5 Å². The Morgan fingerprint density at radius 2 is 1.67 bits per heavy atom. The van der Waals surface area contributed by atoms with E-state index in [0.717, 1.165) is 21.9 Å². The first kappa shape index (κ1) is 15.7. The third kappa shape index (κ3) is 3.60. The number of amides is 1. The third-order valence-electron chi connectivity index (χ3n) is 3.89. The lowest BCUT2D eigenvalue weighted by Gasteiger charge is -2.08. The van der Waals surface area contributed by atoms with Crippen molar-refractivity contribution in [2.45, 2.75) is 13.0 Å². The first-order valence-electron chi connectivity index (χ1n) is 7.69. The molecule has 2 N–H and O–H groups in total. The van der Waals surface area contributed by atoms with Crippen molar-refractivity contribution in [3.05, 3.63) is 83.4 Å². The van der Waals surface area contributed by atoms with Gasteiger partial charge in [-0.25, -0.2) is 4.79 Å². The van der Waals surface area contributed by atoms with Crippen LogP contribution in [0.5, 0.6) is 0 Å². The van der Waals surface area contributed by atoms with Crippen LogP contribution in [0.4, 0.5) is 0 Å². The summed E-state index contributed by atoms with van der Waals surface area (Å²) in [6.07, 6.45) is 0.292. The summed E-state index contributed by atoms with van der Waals surface area (Å²) in [6, 6.07) is 20.5. The molecule has 0 aliphatic rings. The predicted molar refractivity (Wildman–Crippen MR) is 92.9 cm³/mol. The van der Waals surface area contributed by atoms with Crippen molar-refractivity contribution < 1.29 is 14.7 Å². The second-order valence-corrected chi connectivity index (χ2v) is 5.60. The van der Waals surface area contributed by atoms with E-state index in [1.54, 1.807) is 18.2 Å². The monoisotopic (exact) mass is 319 g/mol. The lowest BCUT2D eigenvalue weighted by molar-refractivity contribution is -0.120. The highest BCUT2D eigenvalue weighted by Gasteiger charge is 2.08. The summed E-state index contributed by atoms with van der Waals surface area (Å²) in [4.78, 5) is 23.2. The van der Waals surface area contributed by atoms with Gasteiger partial charge in [-0.2, -0.15) is 0 Å². The second kappa shape index (κ2) is 6.96. The maximum Gasteiger partial charge on any atom is 0.335 e. The topological polar surface area (TPSA) is 66.4 Å². The largest absolute Gasteiger partial charge is 0.478 e. The molecular weight excluding hydrogens is 302 g/mol. The average Bonchev–Trinajstić information content (AvgIpc) is 2.60. The number of carboxylic acid groups (broad SMARTS) is 1. The van der Waals surface area contributed by atoms with Crippen LogP contribution in [0.15, 0.2) is 66.7 Å². The highest BCUT2D eigenvalue weighted by molar-refractivity contribution is 5.90. The second-order valence-electron chi connectivity index (χ2n) is 5.60. The van der Waals surface area contributed by atoms with Crippen molar-refractivity contribution in [3.63, 3.8) is 0 Å². The Labute approximate surface area is 139 Å². The Kier molecular flexibility index (Phi) is 4.57. The summed E-state index contributed by atoms with van der Waals surface area (Å²) in [6.45, 7) is 0.310. The molecule has 0 unspecified atom stereocenters. The Balaban J connectivity index is 1.67. The van der Waals surface area contributed by atoms with Crippen molar-refractivity contribution in [1.82, 2.24) is 5.32 Å². The van der Waals surface area contributed by atoms with Gasteiger partial charge in [0, 0.05) is 6.54 Å². The summed E-state index contributed by atoms with van der Waals surface area (Å²) in [7, 11) is 0. The molecule has 3 rings (SSSR count). The van der Waals surface area contributed by atoms with Crippen molar-refractivity contribution in [2.24, 2.45) is 0 Å². The summed E-state index contributed by atoms with van der Waals surface area (Å²) in [5.41, 5.74) is 1.96. The number of nitrogens with one attached hydrogen (secondary N) is 1. The fourth-order valence-corrected chi connectivity index (χ4v) is 2.70. The zero-order valence-electron chi connectivity index (χ0n) is 13.0. The number of carboxylic acids is 1. The minimum atomic E-state index is -0.973. The van der Waals surface area contributed by atoms with Crippen LogP contribution in [0.3, 0.4) is 0 Å². The van der Waals surface area contributed by atoms with Crippen LogP contribution < -0.4 is 5.32 Å². The molecule has 0 aliphatic carbocycles. The normalized spacial score (nSPS) is 10.5. The Bertz CT molecular complexity index is 897. The van der Waals surface area contributed by atoms with Crippen LogP contribution in [0.2, 0.25) is 0 Å². The van der Waals surface area contributed by atoms with Gasteiger partial charge >= 0.3 is 5.97 Å². The van der Waals surface area contributed by atoms with E-state index in [9.17, 15) is 9.59 Å². The number of aromatic carboxylic acids is 1. The molecule has 0 heterocycles. The molecule has 0 radical (unpaired) electrons. The lowest BCUT2D eigenvalue weighted by Crippen LogP contribution is -2.24. The molecule has 0 spiro atoms. The van der Waals surface area contributed by atoms with E-state index in [4.69, 9.17) is 5.11 Å². The minimum Gasteiger partial charge on any atom is -0.478 e. The molecule has 24 heavy (non-hydrogen) atoms. The molecule has 0 fully saturated rings. The van der Waals surface area contributed by atoms with Gasteiger partial charge in [0.2, 0.25) is 5.91 Å². The van der Waals surface area contributed by atoms with Gasteiger partial charge in [0.25, 0.3) is 0 Å². The Morgan fingerprint density at radius 3 is 2.50 bits per heavy atom. The van der Waals surface area contributed by atoms with E-state index < -0.39 is 5.97 Å². The lowest BCUT2D eigenvalue weighted by atomic mass is 10.0. The standard InChI is InChI=1S/C20H17NO3/c22-19(21-13-14-5-3-9-17(11-14)20(23)24)12-16-8-4-7-15-6-1-2-10-18(15)16/h1-11H,12-13H2,(H,21,22)(H,23,24). The van der Waals surface area contributed by atoms with Gasteiger partial charge in [0.05, 0.1) is 12.0 Å². The molecule has 4 heteroatoms. The van der Waals surface area contributed by atoms with E-state index in [2.05, 4.69) is 5.32 Å². The molecule has 0 saturated heterocycles. The number of carbonyl (C=O) groups excluding carboxylic acids is 1. The van der Waals surface area contributed by atoms with Gasteiger partial charge in [-0.05, 0) is 34.0 Å². The molecule has 3 aromatic carbocycles. The molecule has 0 aromatic heterocycles. The maximum atomic E-state index is 12.2. The van der Waals surface area contributed by atoms with E-state index in [0.29, 0.717) is 13.0 Å². The maximum absolute atomic E-state index is 12.2. The van der Waals surface area contributed by atoms with E-state index in [1.165, 1.54) is 6.07 Å². The van der Waals surface area contributed by atoms with Crippen LogP contribution >= 0.6 is 0 Å². The molecule has 0 bridgehead atoms. The molecular formula is C20H17NO3. The first-order valence-corrected chi connectivity index (χ1v) is 7.69. The van der Waals surface area contributed by atoms with E-state index in [1.807, 2.05) is 42.5 Å². The highest BCUT2D eigenvalue weighted by atomic mass is 16.4. The minimum absolute atomic E-state index is 0.0907. The number of hydrogen-bond donors (Lipinski definition) is 2. The highest BCUT2D eigenvalue weighted by Crippen LogP contribution is 2.18. The van der Waals surface area contributed by atoms with Crippen molar-refractivity contribution in [3.8, 4) is 0 Å². The molecule has 4 nitrogen and oxygen atoms in total. The fourth-order valence-electron chi connectivity index (χ4n) is 2.70. The number of hydrogen-bond acceptors (Lipinski definition) is 2. The Hall–Kier alpha value is -3.14. The summed E-state index contributed by atoms with van der Waals surface area (Å²) in [5.74, 6) is -1.06. The quantitative estimate of drug-likeness (QED) is 0.757. The van der Waals surface area contributed by atoms with Gasteiger partial charge in [-0.1, -0.05) is 54.6 Å². The predicted octanol–water partition coefficient (Wildman–Crippen LogP) is 3.40. The van der Waals surface area contributed by atoms with Gasteiger partial charge in [0.15, 0.2) is 0 Å². The molecule has 120 valence electrons. The van der Waals surface area contributed by atoms with Crippen LogP contribution in [-0.2, 0) is 17.8 Å². The molecule has 3 aromatic rings. The summed E-state index contributed by atoms with van der Waals surface area (Å²) < 4.78 is 0. The van der Waals surface area contributed by atoms with Gasteiger partial charge < -0.3 is 10.4 Å². The molecule has 0 saturated carbocycles. The molecule has 0 aliphatic heterocycles. The van der Waals surface area contributed by atoms with Crippen molar-refractivity contribution in [2.75, 3.05) is 0 Å². The van der Waals surface area contributed by atoms with Crippen LogP contribution in [-0.4, -0.2) is 17.0 Å². The zero-order chi connectivity index (χ0) is 16.9. The van der Waals surface area contributed by atoms with E-state index >= 15 is 0 Å².